The average molecular weight is 598 g/mol. The van der Waals surface area contributed by atoms with Crippen LogP contribution in [0.15, 0.2) is 55.1 Å². The van der Waals surface area contributed by atoms with Gasteiger partial charge in [-0.1, -0.05) is 0 Å². The Morgan fingerprint density at radius 1 is 0.862 bits per heavy atom. The zero-order valence-corrected chi connectivity index (χ0v) is 20.0. The molecule has 0 unspecified atom stereocenters. The zero-order valence-electron chi connectivity index (χ0n) is 14.5. The molecule has 0 N–H and O–H groups in total. The molecule has 6 nitrogen and oxygen atoms in total. The molecule has 0 saturated carbocycles. The molecule has 1 aliphatic rings. The summed E-state index contributed by atoms with van der Waals surface area (Å²) in [6.07, 6.45) is 0. The quantitative estimate of drug-likeness (QED) is 0.498. The number of sulfonamides is 1. The fourth-order valence-corrected chi connectivity index (χ4v) is 5.47. The van der Waals surface area contributed by atoms with Crippen LogP contribution in [-0.4, -0.2) is 47.4 Å². The van der Waals surface area contributed by atoms with E-state index in [1.165, 1.54) is 16.4 Å². The van der Waals surface area contributed by atoms with Gasteiger partial charge in [-0.25, -0.2) is 25.6 Å². The van der Waals surface area contributed by atoms with Crippen molar-refractivity contribution in [2.75, 3.05) is 26.3 Å². The minimum absolute atomic E-state index is 0.0734. The summed E-state index contributed by atoms with van der Waals surface area (Å²) < 4.78 is 78.1. The van der Waals surface area contributed by atoms with Crippen LogP contribution < -0.4 is 0 Å². The van der Waals surface area contributed by atoms with Crippen molar-refractivity contribution in [1.82, 2.24) is 4.31 Å². The fraction of sp³-hybridized carbons (Fsp3) is 0.250. The minimum Gasteiger partial charge on any atom is -0.379 e. The van der Waals surface area contributed by atoms with Gasteiger partial charge < -0.3 is 4.74 Å². The van der Waals surface area contributed by atoms with E-state index in [4.69, 9.17) is 15.4 Å². The van der Waals surface area contributed by atoms with Gasteiger partial charge in [-0.3, -0.25) is 0 Å². The molecule has 3 rings (SSSR count). The molecule has 0 amide bonds. The number of hydrogen-bond donors (Lipinski definition) is 0. The van der Waals surface area contributed by atoms with Gasteiger partial charge in [-0.05, 0) is 68.3 Å². The number of benzene rings is 2. The topological polar surface area (TPSA) is 80.8 Å². The van der Waals surface area contributed by atoms with Crippen LogP contribution >= 0.6 is 42.5 Å². The Morgan fingerprint density at radius 2 is 1.31 bits per heavy atom. The summed E-state index contributed by atoms with van der Waals surface area (Å²) in [4.78, 5) is -0.0369. The van der Waals surface area contributed by atoms with Crippen LogP contribution in [0.5, 0.6) is 0 Å². The first-order valence-electron chi connectivity index (χ1n) is 7.85. The van der Waals surface area contributed by atoms with Crippen LogP contribution in [0.1, 0.15) is 0 Å². The third-order valence-corrected chi connectivity index (χ3v) is 8.13. The Morgan fingerprint density at radius 3 is 1.76 bits per heavy atom. The first-order valence-corrected chi connectivity index (χ1v) is 13.2. The van der Waals surface area contributed by atoms with Gasteiger partial charge in [0, 0.05) is 23.8 Å². The number of nitrogens with zero attached hydrogens (tertiary/aromatic N) is 1. The maximum atomic E-state index is 13.1. The molecule has 0 radical (unpaired) electrons. The maximum Gasteiger partial charge on any atom is 0.261 e. The summed E-state index contributed by atoms with van der Waals surface area (Å²) >= 11 is 5.82. The molecule has 1 heterocycles. The molecule has 29 heavy (non-hydrogen) atoms. The molecule has 0 atom stereocenters. The van der Waals surface area contributed by atoms with Gasteiger partial charge in [0.25, 0.3) is 9.05 Å². The van der Waals surface area contributed by atoms with Crippen molar-refractivity contribution in [1.29, 1.82) is 0 Å². The first kappa shape index (κ1) is 24.6. The number of morpholine rings is 1. The number of ether oxygens (including phenoxy) is 1. The van der Waals surface area contributed by atoms with Crippen LogP contribution in [0, 0.1) is 11.6 Å². The van der Waals surface area contributed by atoms with Crippen molar-refractivity contribution in [2.24, 2.45) is 0 Å². The lowest BCUT2D eigenvalue weighted by Gasteiger charge is -2.26. The molecule has 1 saturated heterocycles. The van der Waals surface area contributed by atoms with Crippen LogP contribution in [0.25, 0.3) is 0 Å². The van der Waals surface area contributed by atoms with Gasteiger partial charge in [0.15, 0.2) is 0 Å². The van der Waals surface area contributed by atoms with Gasteiger partial charge in [0.05, 0.1) is 32.0 Å². The molecular weight excluding hydrogens is 584 g/mol. The molecule has 2 aromatic rings. The van der Waals surface area contributed by atoms with Crippen molar-refractivity contribution < 1.29 is 30.4 Å². The number of rotatable bonds is 3. The molecule has 0 bridgehead atoms. The van der Waals surface area contributed by atoms with E-state index in [2.05, 4.69) is 31.9 Å². The Labute approximate surface area is 188 Å². The molecule has 13 heteroatoms. The molecule has 1 aliphatic heterocycles. The van der Waals surface area contributed by atoms with E-state index in [-0.39, 0.29) is 18.7 Å². The normalized spacial score (nSPS) is 15.5. The van der Waals surface area contributed by atoms with Crippen LogP contribution in [0.3, 0.4) is 0 Å². The van der Waals surface area contributed by atoms with Gasteiger partial charge in [0.1, 0.15) is 11.6 Å². The Bertz CT molecular complexity index is 1090. The minimum atomic E-state index is -3.77. The average Bonchev–Trinajstić information content (AvgIpc) is 2.66. The second-order valence-electron chi connectivity index (χ2n) is 5.61. The van der Waals surface area contributed by atoms with Crippen molar-refractivity contribution in [2.45, 2.75) is 9.79 Å². The highest BCUT2D eigenvalue weighted by atomic mass is 79.9. The predicted octanol–water partition coefficient (Wildman–Crippen LogP) is 4.12. The Balaban J connectivity index is 0.000000221. The summed E-state index contributed by atoms with van der Waals surface area (Å²) in [7, 11) is -2.30. The third kappa shape index (κ3) is 6.68. The van der Waals surface area contributed by atoms with Gasteiger partial charge in [-0.15, -0.1) is 0 Å². The monoisotopic (exact) mass is 595 g/mol. The molecule has 160 valence electrons. The molecule has 2 aromatic carbocycles. The highest BCUT2D eigenvalue weighted by molar-refractivity contribution is 9.10. The van der Waals surface area contributed by atoms with Crippen molar-refractivity contribution in [3.8, 4) is 0 Å². The van der Waals surface area contributed by atoms with Crippen LogP contribution in [0.2, 0.25) is 0 Å². The lowest BCUT2D eigenvalue weighted by atomic mass is 10.3. The smallest absolute Gasteiger partial charge is 0.261 e. The first-order chi connectivity index (χ1) is 13.4. The van der Waals surface area contributed by atoms with E-state index in [9.17, 15) is 25.6 Å². The van der Waals surface area contributed by atoms with E-state index < -0.39 is 30.7 Å². The third-order valence-electron chi connectivity index (χ3n) is 3.67. The maximum absolute atomic E-state index is 13.1. The van der Waals surface area contributed by atoms with Crippen molar-refractivity contribution in [3.63, 3.8) is 0 Å². The summed E-state index contributed by atoms with van der Waals surface area (Å²) in [5.74, 6) is -1.01. The fourth-order valence-electron chi connectivity index (χ4n) is 2.20. The lowest BCUT2D eigenvalue weighted by Crippen LogP contribution is -2.40. The van der Waals surface area contributed by atoms with E-state index in [0.717, 1.165) is 24.3 Å². The van der Waals surface area contributed by atoms with Crippen molar-refractivity contribution in [3.05, 3.63) is 57.0 Å². The number of hydrogen-bond acceptors (Lipinski definition) is 5. The molecular formula is C16H14Br2ClF2NO5S2. The summed E-state index contributed by atoms with van der Waals surface area (Å²) in [5.41, 5.74) is 0. The second kappa shape index (κ2) is 10.1. The Hall–Kier alpha value is -0.630. The summed E-state index contributed by atoms with van der Waals surface area (Å²) in [6.45, 7) is 1.44. The summed E-state index contributed by atoms with van der Waals surface area (Å²) in [5, 5.41) is 0. The molecule has 0 aliphatic carbocycles. The standard InChI is InChI=1S/C10H11BrFNO3S.C6H3BrClFO2S/c11-9-7-8(1-2-10(9)12)17(14,15)13-3-5-16-6-4-13;7-5-3-4(12(8,10)11)1-2-6(5)9/h1-2,7H,3-6H2;1-3H. The van der Waals surface area contributed by atoms with Gasteiger partial charge >= 0.3 is 0 Å². The van der Waals surface area contributed by atoms with Gasteiger partial charge in [-0.2, -0.15) is 4.31 Å². The molecule has 0 spiro atoms. The molecule has 1 fully saturated rings. The van der Waals surface area contributed by atoms with E-state index in [0.29, 0.717) is 26.3 Å². The van der Waals surface area contributed by atoms with Crippen LogP contribution in [0.4, 0.5) is 8.78 Å². The zero-order chi connectivity index (χ0) is 21.8. The highest BCUT2D eigenvalue weighted by Gasteiger charge is 2.26. The highest BCUT2D eigenvalue weighted by Crippen LogP contribution is 2.23. The largest absolute Gasteiger partial charge is 0.379 e. The summed E-state index contributed by atoms with van der Waals surface area (Å²) in [6, 6.07) is 6.92. The SMILES string of the molecule is O=S(=O)(Cl)c1ccc(F)c(Br)c1.O=S(=O)(c1ccc(F)c(Br)c1)N1CCOCC1. The van der Waals surface area contributed by atoms with E-state index >= 15 is 0 Å². The number of halogens is 5. The van der Waals surface area contributed by atoms with Crippen LogP contribution in [-0.2, 0) is 23.8 Å². The predicted molar refractivity (Wildman–Crippen MR) is 111 cm³/mol. The molecule has 0 aromatic heterocycles. The lowest BCUT2D eigenvalue weighted by molar-refractivity contribution is 0.0730. The van der Waals surface area contributed by atoms with E-state index in [1.807, 2.05) is 0 Å². The van der Waals surface area contributed by atoms with Gasteiger partial charge in [0.2, 0.25) is 10.0 Å². The van der Waals surface area contributed by atoms with E-state index in [1.54, 1.807) is 0 Å². The Kier molecular flexibility index (Phi) is 8.60. The van der Waals surface area contributed by atoms with Crippen molar-refractivity contribution >= 4 is 61.6 Å². The second-order valence-corrected chi connectivity index (χ2v) is 11.8.